The molecule has 1 aliphatic heterocycles. The van der Waals surface area contributed by atoms with Gasteiger partial charge < -0.3 is 5.32 Å². The van der Waals surface area contributed by atoms with Gasteiger partial charge >= 0.3 is 0 Å². The fraction of sp³-hybridized carbons (Fsp3) is 0.182. The van der Waals surface area contributed by atoms with E-state index in [-0.39, 0.29) is 5.50 Å². The SMILES string of the molecule is Clc1ccc(CC2=CNC(Cl)C=N2)cc1Cl. The second-order valence-electron chi connectivity index (χ2n) is 3.41. The summed E-state index contributed by atoms with van der Waals surface area (Å²) in [6.07, 6.45) is 4.17. The molecular formula is C11H9Cl3N2. The molecule has 5 heteroatoms. The van der Waals surface area contributed by atoms with Crippen molar-refractivity contribution < 1.29 is 0 Å². The minimum atomic E-state index is -0.224. The Morgan fingerprint density at radius 3 is 2.69 bits per heavy atom. The van der Waals surface area contributed by atoms with Crippen LogP contribution in [-0.2, 0) is 6.42 Å². The Balaban J connectivity index is 2.10. The molecule has 1 aromatic carbocycles. The van der Waals surface area contributed by atoms with E-state index < -0.39 is 0 Å². The first kappa shape index (κ1) is 11.8. The van der Waals surface area contributed by atoms with Crippen LogP contribution in [-0.4, -0.2) is 11.7 Å². The highest BCUT2D eigenvalue weighted by Crippen LogP contribution is 2.24. The number of halogens is 3. The summed E-state index contributed by atoms with van der Waals surface area (Å²) in [6.45, 7) is 0. The van der Waals surface area contributed by atoms with Gasteiger partial charge in [-0.25, -0.2) is 0 Å². The van der Waals surface area contributed by atoms with E-state index >= 15 is 0 Å². The fourth-order valence-corrected chi connectivity index (χ4v) is 1.81. The van der Waals surface area contributed by atoms with Gasteiger partial charge in [-0.2, -0.15) is 0 Å². The third-order valence-electron chi connectivity index (χ3n) is 2.15. The predicted octanol–water partition coefficient (Wildman–Crippen LogP) is 3.62. The van der Waals surface area contributed by atoms with E-state index in [9.17, 15) is 0 Å². The molecule has 0 radical (unpaired) electrons. The van der Waals surface area contributed by atoms with Crippen LogP contribution in [0.5, 0.6) is 0 Å². The van der Waals surface area contributed by atoms with Gasteiger partial charge in [0.2, 0.25) is 0 Å². The molecule has 2 rings (SSSR count). The highest BCUT2D eigenvalue weighted by Gasteiger charge is 2.07. The first-order valence-corrected chi connectivity index (χ1v) is 5.91. The Kier molecular flexibility index (Phi) is 3.74. The van der Waals surface area contributed by atoms with E-state index in [1.807, 2.05) is 12.1 Å². The number of hydrogen-bond donors (Lipinski definition) is 1. The summed E-state index contributed by atoms with van der Waals surface area (Å²) in [4.78, 5) is 4.22. The molecule has 0 aliphatic carbocycles. The number of aliphatic imine (C=N–C) groups is 1. The van der Waals surface area contributed by atoms with Crippen molar-refractivity contribution in [1.29, 1.82) is 0 Å². The third kappa shape index (κ3) is 2.91. The monoisotopic (exact) mass is 274 g/mol. The first-order chi connectivity index (χ1) is 7.65. The lowest BCUT2D eigenvalue weighted by molar-refractivity contribution is 0.897. The largest absolute Gasteiger partial charge is 0.369 e. The van der Waals surface area contributed by atoms with Crippen LogP contribution in [0.15, 0.2) is 35.1 Å². The van der Waals surface area contributed by atoms with Gasteiger partial charge in [0.25, 0.3) is 0 Å². The molecule has 0 saturated heterocycles. The molecule has 0 bridgehead atoms. The average Bonchev–Trinajstić information content (AvgIpc) is 2.27. The number of nitrogens with one attached hydrogen (secondary N) is 1. The summed E-state index contributed by atoms with van der Waals surface area (Å²) >= 11 is 17.6. The minimum Gasteiger partial charge on any atom is -0.369 e. The zero-order valence-electron chi connectivity index (χ0n) is 8.25. The second-order valence-corrected chi connectivity index (χ2v) is 4.69. The summed E-state index contributed by atoms with van der Waals surface area (Å²) in [7, 11) is 0. The lowest BCUT2D eigenvalue weighted by Gasteiger charge is -2.12. The summed E-state index contributed by atoms with van der Waals surface area (Å²) in [6, 6.07) is 5.55. The van der Waals surface area contributed by atoms with E-state index in [0.717, 1.165) is 11.3 Å². The Labute approximate surface area is 109 Å². The highest BCUT2D eigenvalue weighted by atomic mass is 35.5. The average molecular weight is 276 g/mol. The van der Waals surface area contributed by atoms with E-state index in [4.69, 9.17) is 34.8 Å². The summed E-state index contributed by atoms with van der Waals surface area (Å²) in [5.41, 5.74) is 1.75. The van der Waals surface area contributed by atoms with Gasteiger partial charge in [-0.15, -0.1) is 0 Å². The smallest absolute Gasteiger partial charge is 0.137 e. The van der Waals surface area contributed by atoms with E-state index in [1.165, 1.54) is 0 Å². The number of alkyl halides is 1. The fourth-order valence-electron chi connectivity index (χ4n) is 1.37. The van der Waals surface area contributed by atoms with Crippen LogP contribution in [0.4, 0.5) is 0 Å². The Hall–Kier alpha value is -0.700. The molecule has 1 unspecified atom stereocenters. The molecule has 1 aliphatic rings. The van der Waals surface area contributed by atoms with Crippen LogP contribution < -0.4 is 5.32 Å². The van der Waals surface area contributed by atoms with E-state index in [0.29, 0.717) is 16.5 Å². The van der Waals surface area contributed by atoms with Gasteiger partial charge in [-0.3, -0.25) is 4.99 Å². The zero-order valence-corrected chi connectivity index (χ0v) is 10.5. The second kappa shape index (κ2) is 5.09. The Morgan fingerprint density at radius 1 is 1.25 bits per heavy atom. The van der Waals surface area contributed by atoms with Crippen LogP contribution in [0.2, 0.25) is 10.0 Å². The van der Waals surface area contributed by atoms with Crippen molar-refractivity contribution in [2.24, 2.45) is 4.99 Å². The number of benzene rings is 1. The topological polar surface area (TPSA) is 24.4 Å². The quantitative estimate of drug-likeness (QED) is 0.647. The van der Waals surface area contributed by atoms with E-state index in [2.05, 4.69) is 10.3 Å². The molecule has 1 atom stereocenters. The highest BCUT2D eigenvalue weighted by molar-refractivity contribution is 6.42. The molecule has 84 valence electrons. The van der Waals surface area contributed by atoms with Gasteiger partial charge in [0.1, 0.15) is 5.50 Å². The lowest BCUT2D eigenvalue weighted by atomic mass is 10.1. The van der Waals surface area contributed by atoms with Crippen LogP contribution in [0.25, 0.3) is 0 Å². The van der Waals surface area contributed by atoms with Crippen LogP contribution in [0.3, 0.4) is 0 Å². The van der Waals surface area contributed by atoms with Crippen molar-refractivity contribution in [3.05, 3.63) is 45.7 Å². The number of rotatable bonds is 2. The van der Waals surface area contributed by atoms with Gasteiger partial charge in [-0.05, 0) is 17.7 Å². The lowest BCUT2D eigenvalue weighted by Crippen LogP contribution is -2.23. The summed E-state index contributed by atoms with van der Waals surface area (Å²) < 4.78 is 0. The van der Waals surface area contributed by atoms with Crippen molar-refractivity contribution in [2.45, 2.75) is 11.9 Å². The maximum absolute atomic E-state index is 5.93. The number of allylic oxidation sites excluding steroid dienone is 1. The summed E-state index contributed by atoms with van der Waals surface area (Å²) in [5, 5.41) is 4.09. The van der Waals surface area contributed by atoms with Gasteiger partial charge in [0, 0.05) is 18.8 Å². The molecule has 16 heavy (non-hydrogen) atoms. The molecular weight excluding hydrogens is 266 g/mol. The number of hydrogen-bond acceptors (Lipinski definition) is 2. The Morgan fingerprint density at radius 2 is 2.06 bits per heavy atom. The molecule has 1 aromatic rings. The summed E-state index contributed by atoms with van der Waals surface area (Å²) in [5.74, 6) is 0. The maximum Gasteiger partial charge on any atom is 0.137 e. The van der Waals surface area contributed by atoms with Crippen molar-refractivity contribution in [2.75, 3.05) is 0 Å². The molecule has 0 amide bonds. The van der Waals surface area contributed by atoms with Crippen LogP contribution in [0.1, 0.15) is 5.56 Å². The van der Waals surface area contributed by atoms with Gasteiger partial charge in [0.15, 0.2) is 0 Å². The molecule has 0 aromatic heterocycles. The molecule has 1 N–H and O–H groups in total. The van der Waals surface area contributed by atoms with Crippen LogP contribution >= 0.6 is 34.8 Å². The van der Waals surface area contributed by atoms with Crippen molar-refractivity contribution in [1.82, 2.24) is 5.32 Å². The molecule has 0 saturated carbocycles. The predicted molar refractivity (Wildman–Crippen MR) is 69.5 cm³/mol. The molecule has 1 heterocycles. The molecule has 2 nitrogen and oxygen atoms in total. The standard InChI is InChI=1S/C11H9Cl3N2/c12-9-2-1-7(4-10(9)13)3-8-5-16-11(14)6-15-8/h1-2,4-6,11,16H,3H2. The third-order valence-corrected chi connectivity index (χ3v) is 3.13. The Bertz CT molecular complexity index is 455. The van der Waals surface area contributed by atoms with Crippen LogP contribution in [0, 0.1) is 0 Å². The van der Waals surface area contributed by atoms with Crippen molar-refractivity contribution >= 4 is 41.0 Å². The molecule has 0 spiro atoms. The van der Waals surface area contributed by atoms with Gasteiger partial charge in [0.05, 0.1) is 15.7 Å². The molecule has 0 fully saturated rings. The minimum absolute atomic E-state index is 0.224. The van der Waals surface area contributed by atoms with Crippen molar-refractivity contribution in [3.8, 4) is 0 Å². The first-order valence-electron chi connectivity index (χ1n) is 4.72. The normalized spacial score (nSPS) is 19.2. The zero-order chi connectivity index (χ0) is 11.5. The van der Waals surface area contributed by atoms with E-state index in [1.54, 1.807) is 18.5 Å². The van der Waals surface area contributed by atoms with Gasteiger partial charge in [-0.1, -0.05) is 40.9 Å². The van der Waals surface area contributed by atoms with Crippen molar-refractivity contribution in [3.63, 3.8) is 0 Å². The maximum atomic E-state index is 5.93. The number of nitrogens with zero attached hydrogens (tertiary/aromatic N) is 1.